The van der Waals surface area contributed by atoms with Crippen LogP contribution in [0.15, 0.2) is 48.5 Å². The number of aromatic amines is 1. The number of alkyl halides is 3. The van der Waals surface area contributed by atoms with Crippen molar-refractivity contribution in [2.24, 2.45) is 0 Å². The first-order chi connectivity index (χ1) is 11.4. The van der Waals surface area contributed by atoms with Crippen molar-refractivity contribution in [3.05, 3.63) is 48.5 Å². The second-order valence-corrected chi connectivity index (χ2v) is 4.77. The molecule has 1 aromatic heterocycles. The summed E-state index contributed by atoms with van der Waals surface area (Å²) in [6, 6.07) is 11.5. The molecule has 2 amide bonds. The van der Waals surface area contributed by atoms with Crippen molar-refractivity contribution in [1.82, 2.24) is 10.2 Å². The molecule has 0 aliphatic heterocycles. The van der Waals surface area contributed by atoms with Gasteiger partial charge in [-0.05, 0) is 36.4 Å². The van der Waals surface area contributed by atoms with E-state index < -0.39 is 12.4 Å². The fourth-order valence-electron chi connectivity index (χ4n) is 2.07. The van der Waals surface area contributed by atoms with E-state index in [0.717, 1.165) is 23.0 Å². The average molecular weight is 336 g/mol. The zero-order chi connectivity index (χ0) is 17.2. The summed E-state index contributed by atoms with van der Waals surface area (Å²) in [7, 11) is 0. The molecule has 3 rings (SSSR count). The highest BCUT2D eigenvalue weighted by Crippen LogP contribution is 2.24. The maximum absolute atomic E-state index is 12.1. The number of para-hydroxylation sites is 1. The van der Waals surface area contributed by atoms with Gasteiger partial charge in [0.1, 0.15) is 5.75 Å². The second kappa shape index (κ2) is 6.11. The number of anilines is 2. The number of hydrogen-bond donors (Lipinski definition) is 3. The Morgan fingerprint density at radius 1 is 1.04 bits per heavy atom. The SMILES string of the molecule is O=C(Nc1ccc(OC(F)(F)F)cc1)Nc1n[nH]c2ccccc12. The summed E-state index contributed by atoms with van der Waals surface area (Å²) in [4.78, 5) is 11.9. The van der Waals surface area contributed by atoms with E-state index in [1.807, 2.05) is 12.1 Å². The van der Waals surface area contributed by atoms with Gasteiger partial charge >= 0.3 is 12.4 Å². The quantitative estimate of drug-likeness (QED) is 0.673. The van der Waals surface area contributed by atoms with Gasteiger partial charge in [-0.3, -0.25) is 10.4 Å². The van der Waals surface area contributed by atoms with Crippen LogP contribution in [0.2, 0.25) is 0 Å². The minimum absolute atomic E-state index is 0.307. The number of carbonyl (C=O) groups excluding carboxylic acids is 1. The van der Waals surface area contributed by atoms with Crippen molar-refractivity contribution in [3.8, 4) is 5.75 Å². The van der Waals surface area contributed by atoms with E-state index in [0.29, 0.717) is 11.5 Å². The highest BCUT2D eigenvalue weighted by atomic mass is 19.4. The summed E-state index contributed by atoms with van der Waals surface area (Å²) in [5.41, 5.74) is 1.07. The Labute approximate surface area is 133 Å². The highest BCUT2D eigenvalue weighted by Gasteiger charge is 2.30. The van der Waals surface area contributed by atoms with Gasteiger partial charge in [0.2, 0.25) is 0 Å². The first-order valence-corrected chi connectivity index (χ1v) is 6.78. The monoisotopic (exact) mass is 336 g/mol. The number of urea groups is 1. The summed E-state index contributed by atoms with van der Waals surface area (Å²) in [6.45, 7) is 0. The lowest BCUT2D eigenvalue weighted by molar-refractivity contribution is -0.274. The molecule has 6 nitrogen and oxygen atoms in total. The summed E-state index contributed by atoms with van der Waals surface area (Å²) in [6.07, 6.45) is -4.76. The minimum atomic E-state index is -4.76. The lowest BCUT2D eigenvalue weighted by atomic mass is 10.2. The number of carbonyl (C=O) groups is 1. The first-order valence-electron chi connectivity index (χ1n) is 6.78. The van der Waals surface area contributed by atoms with Gasteiger partial charge in [-0.2, -0.15) is 5.10 Å². The number of fused-ring (bicyclic) bond motifs is 1. The maximum Gasteiger partial charge on any atom is 0.573 e. The van der Waals surface area contributed by atoms with Crippen LogP contribution >= 0.6 is 0 Å². The summed E-state index contributed by atoms with van der Waals surface area (Å²) in [5.74, 6) is -0.0214. The van der Waals surface area contributed by atoms with Gasteiger partial charge in [0, 0.05) is 11.1 Å². The third kappa shape index (κ3) is 3.75. The average Bonchev–Trinajstić information content (AvgIpc) is 2.91. The van der Waals surface area contributed by atoms with Gasteiger partial charge in [0.05, 0.1) is 5.52 Å². The van der Waals surface area contributed by atoms with E-state index in [4.69, 9.17) is 0 Å². The molecule has 0 bridgehead atoms. The normalized spacial score (nSPS) is 11.3. The van der Waals surface area contributed by atoms with Crippen molar-refractivity contribution in [1.29, 1.82) is 0 Å². The van der Waals surface area contributed by atoms with Gasteiger partial charge < -0.3 is 10.1 Å². The molecule has 0 spiro atoms. The molecule has 3 aromatic rings. The summed E-state index contributed by atoms with van der Waals surface area (Å²) < 4.78 is 40.0. The van der Waals surface area contributed by atoms with Crippen molar-refractivity contribution < 1.29 is 22.7 Å². The number of ether oxygens (including phenoxy) is 1. The lowest BCUT2D eigenvalue weighted by Crippen LogP contribution is -2.20. The van der Waals surface area contributed by atoms with Gasteiger partial charge in [-0.25, -0.2) is 4.79 Å². The Morgan fingerprint density at radius 2 is 1.75 bits per heavy atom. The van der Waals surface area contributed by atoms with Crippen molar-refractivity contribution in [2.75, 3.05) is 10.6 Å². The smallest absolute Gasteiger partial charge is 0.406 e. The zero-order valence-electron chi connectivity index (χ0n) is 12.0. The zero-order valence-corrected chi connectivity index (χ0v) is 12.0. The van der Waals surface area contributed by atoms with E-state index in [2.05, 4.69) is 25.6 Å². The second-order valence-electron chi connectivity index (χ2n) is 4.77. The first kappa shape index (κ1) is 15.7. The molecule has 124 valence electrons. The number of amides is 2. The Morgan fingerprint density at radius 3 is 2.46 bits per heavy atom. The van der Waals surface area contributed by atoms with Crippen molar-refractivity contribution in [3.63, 3.8) is 0 Å². The minimum Gasteiger partial charge on any atom is -0.406 e. The van der Waals surface area contributed by atoms with Gasteiger partial charge in [0.15, 0.2) is 5.82 Å². The Bertz CT molecular complexity index is 859. The highest BCUT2D eigenvalue weighted by molar-refractivity contribution is 6.04. The predicted octanol–water partition coefficient (Wildman–Crippen LogP) is 4.11. The Hall–Kier alpha value is -3.23. The van der Waals surface area contributed by atoms with Crippen molar-refractivity contribution in [2.45, 2.75) is 6.36 Å². The van der Waals surface area contributed by atoms with Crippen LogP contribution in [0.4, 0.5) is 29.5 Å². The fraction of sp³-hybridized carbons (Fsp3) is 0.0667. The standard InChI is InChI=1S/C15H11F3N4O2/c16-15(17,18)24-10-7-5-9(6-8-10)19-14(23)20-13-11-3-1-2-4-12(11)21-22-13/h1-8H,(H3,19,20,21,22,23). The molecule has 24 heavy (non-hydrogen) atoms. The number of aromatic nitrogens is 2. The topological polar surface area (TPSA) is 79.0 Å². The summed E-state index contributed by atoms with van der Waals surface area (Å²) >= 11 is 0. The molecule has 0 atom stereocenters. The van der Waals surface area contributed by atoms with Crippen LogP contribution in [0.1, 0.15) is 0 Å². The molecule has 9 heteroatoms. The number of H-pyrrole nitrogens is 1. The molecular weight excluding hydrogens is 325 g/mol. The predicted molar refractivity (Wildman–Crippen MR) is 81.9 cm³/mol. The van der Waals surface area contributed by atoms with Crippen LogP contribution < -0.4 is 15.4 Å². The van der Waals surface area contributed by atoms with Crippen LogP contribution in [-0.2, 0) is 0 Å². The van der Waals surface area contributed by atoms with Gasteiger partial charge in [0.25, 0.3) is 0 Å². The Kier molecular flexibility index (Phi) is 3.98. The third-order valence-electron chi connectivity index (χ3n) is 3.05. The van der Waals surface area contributed by atoms with Crippen LogP contribution in [0.3, 0.4) is 0 Å². The molecule has 0 aliphatic rings. The number of nitrogens with zero attached hydrogens (tertiary/aromatic N) is 1. The van der Waals surface area contributed by atoms with E-state index in [1.165, 1.54) is 12.1 Å². The van der Waals surface area contributed by atoms with E-state index in [9.17, 15) is 18.0 Å². The van der Waals surface area contributed by atoms with E-state index >= 15 is 0 Å². The number of hydrogen-bond acceptors (Lipinski definition) is 3. The van der Waals surface area contributed by atoms with Crippen LogP contribution in [-0.4, -0.2) is 22.6 Å². The third-order valence-corrected chi connectivity index (χ3v) is 3.05. The molecule has 0 aliphatic carbocycles. The molecule has 0 saturated carbocycles. The number of rotatable bonds is 3. The van der Waals surface area contributed by atoms with Gasteiger partial charge in [-0.15, -0.1) is 13.2 Å². The number of halogens is 3. The molecule has 2 aromatic carbocycles. The number of nitrogens with one attached hydrogen (secondary N) is 3. The lowest BCUT2D eigenvalue weighted by Gasteiger charge is -2.10. The molecule has 0 radical (unpaired) electrons. The van der Waals surface area contributed by atoms with Crippen LogP contribution in [0.5, 0.6) is 5.75 Å². The van der Waals surface area contributed by atoms with E-state index in [-0.39, 0.29) is 5.75 Å². The molecule has 3 N–H and O–H groups in total. The maximum atomic E-state index is 12.1. The van der Waals surface area contributed by atoms with Crippen molar-refractivity contribution >= 4 is 28.4 Å². The molecule has 0 fully saturated rings. The molecule has 1 heterocycles. The summed E-state index contributed by atoms with van der Waals surface area (Å²) in [5, 5.41) is 12.6. The molecule has 0 saturated heterocycles. The largest absolute Gasteiger partial charge is 0.573 e. The van der Waals surface area contributed by atoms with Crippen LogP contribution in [0.25, 0.3) is 10.9 Å². The Balaban J connectivity index is 1.64. The van der Waals surface area contributed by atoms with Crippen LogP contribution in [0, 0.1) is 0 Å². The number of benzene rings is 2. The molecule has 0 unspecified atom stereocenters. The van der Waals surface area contributed by atoms with E-state index in [1.54, 1.807) is 12.1 Å². The fourth-order valence-corrected chi connectivity index (χ4v) is 2.07. The molecular formula is C15H11F3N4O2. The van der Waals surface area contributed by atoms with Gasteiger partial charge in [-0.1, -0.05) is 12.1 Å².